The number of ether oxygens (including phenoxy) is 2. The summed E-state index contributed by atoms with van der Waals surface area (Å²) in [5.41, 5.74) is 1.19. The van der Waals surface area contributed by atoms with Gasteiger partial charge in [0.25, 0.3) is 5.91 Å². The molecule has 0 bridgehead atoms. The SMILES string of the molecule is CCOc1ccc(C(=O)N[C@@H](C)COC)cc1CN(c1ccc(F)cc1)S(C)(=O)=O. The van der Waals surface area contributed by atoms with E-state index in [1.807, 2.05) is 13.8 Å². The van der Waals surface area contributed by atoms with Gasteiger partial charge in [0.1, 0.15) is 11.6 Å². The largest absolute Gasteiger partial charge is 0.494 e. The number of halogens is 1. The standard InChI is InChI=1S/C21H27FN2O5S/c1-5-29-20-11-6-16(21(25)23-15(2)14-28-3)12-17(20)13-24(30(4,26)27)19-9-7-18(22)8-10-19/h6-12,15H,5,13-14H2,1-4H3,(H,23,25)/t15-/m0/s1. The average Bonchev–Trinajstić information content (AvgIpc) is 2.67. The lowest BCUT2D eigenvalue weighted by Gasteiger charge is -2.24. The molecule has 0 fully saturated rings. The Balaban J connectivity index is 2.40. The van der Waals surface area contributed by atoms with Crippen LogP contribution in [0.15, 0.2) is 42.5 Å². The zero-order chi connectivity index (χ0) is 22.3. The Hall–Kier alpha value is -2.65. The first-order valence-corrected chi connectivity index (χ1v) is 11.3. The molecule has 0 saturated carbocycles. The molecule has 0 heterocycles. The molecule has 0 aliphatic carbocycles. The maximum Gasteiger partial charge on any atom is 0.251 e. The molecule has 1 amide bonds. The van der Waals surface area contributed by atoms with Crippen LogP contribution in [0.2, 0.25) is 0 Å². The molecule has 0 aliphatic rings. The monoisotopic (exact) mass is 438 g/mol. The fraction of sp³-hybridized carbons (Fsp3) is 0.381. The highest BCUT2D eigenvalue weighted by molar-refractivity contribution is 7.92. The summed E-state index contributed by atoms with van der Waals surface area (Å²) >= 11 is 0. The van der Waals surface area contributed by atoms with Crippen LogP contribution in [0.25, 0.3) is 0 Å². The van der Waals surface area contributed by atoms with Gasteiger partial charge in [-0.05, 0) is 56.3 Å². The van der Waals surface area contributed by atoms with E-state index in [2.05, 4.69) is 5.32 Å². The van der Waals surface area contributed by atoms with Gasteiger partial charge in [-0.2, -0.15) is 0 Å². The van der Waals surface area contributed by atoms with Gasteiger partial charge in [0.2, 0.25) is 10.0 Å². The second kappa shape index (κ2) is 10.4. The van der Waals surface area contributed by atoms with E-state index in [0.717, 1.165) is 10.6 Å². The Kier molecular flexibility index (Phi) is 8.19. The van der Waals surface area contributed by atoms with Crippen molar-refractivity contribution in [2.45, 2.75) is 26.4 Å². The molecular weight excluding hydrogens is 411 g/mol. The predicted octanol–water partition coefficient (Wildman–Crippen LogP) is 2.96. The fourth-order valence-electron chi connectivity index (χ4n) is 2.90. The number of carbonyl (C=O) groups excluding carboxylic acids is 1. The van der Waals surface area contributed by atoms with Crippen LogP contribution in [-0.4, -0.2) is 46.9 Å². The molecule has 2 rings (SSSR count). The van der Waals surface area contributed by atoms with Gasteiger partial charge in [0.05, 0.1) is 31.7 Å². The summed E-state index contributed by atoms with van der Waals surface area (Å²) < 4.78 is 49.9. The van der Waals surface area contributed by atoms with Crippen LogP contribution in [0.5, 0.6) is 5.75 Å². The smallest absolute Gasteiger partial charge is 0.251 e. The van der Waals surface area contributed by atoms with Gasteiger partial charge in [-0.3, -0.25) is 9.10 Å². The molecule has 0 aromatic heterocycles. The van der Waals surface area contributed by atoms with E-state index in [1.165, 1.54) is 24.3 Å². The zero-order valence-electron chi connectivity index (χ0n) is 17.5. The van der Waals surface area contributed by atoms with E-state index in [4.69, 9.17) is 9.47 Å². The summed E-state index contributed by atoms with van der Waals surface area (Å²) in [7, 11) is -2.13. The molecule has 2 aromatic carbocycles. The van der Waals surface area contributed by atoms with Crippen LogP contribution in [0.4, 0.5) is 10.1 Å². The predicted molar refractivity (Wildman–Crippen MR) is 114 cm³/mol. The minimum atomic E-state index is -3.68. The summed E-state index contributed by atoms with van der Waals surface area (Å²) in [5.74, 6) is -0.308. The topological polar surface area (TPSA) is 84.9 Å². The van der Waals surface area contributed by atoms with E-state index in [-0.39, 0.29) is 18.5 Å². The third-order valence-electron chi connectivity index (χ3n) is 4.25. The van der Waals surface area contributed by atoms with Gasteiger partial charge in [-0.15, -0.1) is 0 Å². The van der Waals surface area contributed by atoms with Crippen molar-refractivity contribution in [1.29, 1.82) is 0 Å². The number of anilines is 1. The zero-order valence-corrected chi connectivity index (χ0v) is 18.3. The quantitative estimate of drug-likeness (QED) is 0.617. The van der Waals surface area contributed by atoms with Crippen molar-refractivity contribution in [3.05, 3.63) is 59.4 Å². The maximum atomic E-state index is 13.3. The number of benzene rings is 2. The molecule has 30 heavy (non-hydrogen) atoms. The number of hydrogen-bond acceptors (Lipinski definition) is 5. The van der Waals surface area contributed by atoms with E-state index < -0.39 is 15.8 Å². The van der Waals surface area contributed by atoms with Crippen LogP contribution in [0.3, 0.4) is 0 Å². The minimum Gasteiger partial charge on any atom is -0.494 e. The molecule has 0 saturated heterocycles. The maximum absolute atomic E-state index is 13.3. The number of methoxy groups -OCH3 is 1. The van der Waals surface area contributed by atoms with E-state index in [9.17, 15) is 17.6 Å². The fourth-order valence-corrected chi connectivity index (χ4v) is 3.78. The first-order chi connectivity index (χ1) is 14.2. The summed E-state index contributed by atoms with van der Waals surface area (Å²) in [5, 5.41) is 2.82. The summed E-state index contributed by atoms with van der Waals surface area (Å²) in [6.07, 6.45) is 1.07. The van der Waals surface area contributed by atoms with Gasteiger partial charge in [0, 0.05) is 24.3 Å². The van der Waals surface area contributed by atoms with Crippen molar-refractivity contribution in [2.24, 2.45) is 0 Å². The molecular formula is C21H27FN2O5S. The molecule has 164 valence electrons. The molecule has 7 nitrogen and oxygen atoms in total. The molecule has 1 N–H and O–H groups in total. The first kappa shape index (κ1) is 23.6. The Morgan fingerprint density at radius 1 is 1.20 bits per heavy atom. The number of carbonyl (C=O) groups is 1. The summed E-state index contributed by atoms with van der Waals surface area (Å²) in [6, 6.07) is 9.83. The van der Waals surface area contributed by atoms with Crippen LogP contribution >= 0.6 is 0 Å². The van der Waals surface area contributed by atoms with E-state index in [1.54, 1.807) is 25.3 Å². The Labute approximate surface area is 176 Å². The normalized spacial score (nSPS) is 12.3. The third kappa shape index (κ3) is 6.43. The van der Waals surface area contributed by atoms with Gasteiger partial charge in [-0.1, -0.05) is 0 Å². The molecule has 0 unspecified atom stereocenters. The van der Waals surface area contributed by atoms with Crippen molar-refractivity contribution in [3.8, 4) is 5.75 Å². The van der Waals surface area contributed by atoms with Crippen LogP contribution in [0, 0.1) is 5.82 Å². The van der Waals surface area contributed by atoms with Gasteiger partial charge in [0.15, 0.2) is 0 Å². The number of sulfonamides is 1. The van der Waals surface area contributed by atoms with Crippen molar-refractivity contribution in [3.63, 3.8) is 0 Å². The highest BCUT2D eigenvalue weighted by Gasteiger charge is 2.21. The van der Waals surface area contributed by atoms with Crippen LogP contribution in [0.1, 0.15) is 29.8 Å². The van der Waals surface area contributed by atoms with E-state index >= 15 is 0 Å². The number of nitrogens with zero attached hydrogens (tertiary/aromatic N) is 1. The second-order valence-corrected chi connectivity index (χ2v) is 8.74. The van der Waals surface area contributed by atoms with Gasteiger partial charge < -0.3 is 14.8 Å². The molecule has 0 aliphatic heterocycles. The highest BCUT2D eigenvalue weighted by Crippen LogP contribution is 2.27. The summed E-state index contributed by atoms with van der Waals surface area (Å²) in [6.45, 7) is 4.29. The van der Waals surface area contributed by atoms with Crippen molar-refractivity contribution >= 4 is 21.6 Å². The number of hydrogen-bond donors (Lipinski definition) is 1. The Morgan fingerprint density at radius 2 is 1.87 bits per heavy atom. The van der Waals surface area contributed by atoms with Crippen molar-refractivity contribution in [2.75, 3.05) is 30.9 Å². The Morgan fingerprint density at radius 3 is 2.43 bits per heavy atom. The average molecular weight is 439 g/mol. The Bertz CT molecular complexity index is 964. The van der Waals surface area contributed by atoms with E-state index in [0.29, 0.717) is 35.8 Å². The summed E-state index contributed by atoms with van der Waals surface area (Å²) in [4.78, 5) is 12.6. The first-order valence-electron chi connectivity index (χ1n) is 9.44. The highest BCUT2D eigenvalue weighted by atomic mass is 32.2. The lowest BCUT2D eigenvalue weighted by molar-refractivity contribution is 0.0905. The third-order valence-corrected chi connectivity index (χ3v) is 5.39. The molecule has 1 atom stereocenters. The lowest BCUT2D eigenvalue weighted by atomic mass is 10.1. The second-order valence-electron chi connectivity index (χ2n) is 6.83. The van der Waals surface area contributed by atoms with Gasteiger partial charge >= 0.3 is 0 Å². The molecule has 0 spiro atoms. The number of nitrogens with one attached hydrogen (secondary N) is 1. The lowest BCUT2D eigenvalue weighted by Crippen LogP contribution is -2.35. The molecule has 0 radical (unpaired) electrons. The van der Waals surface area contributed by atoms with Crippen molar-refractivity contribution in [1.82, 2.24) is 5.32 Å². The van der Waals surface area contributed by atoms with Crippen molar-refractivity contribution < 1.29 is 27.1 Å². The molecule has 9 heteroatoms. The molecule has 2 aromatic rings. The minimum absolute atomic E-state index is 0.0749. The van der Waals surface area contributed by atoms with Crippen LogP contribution < -0.4 is 14.4 Å². The van der Waals surface area contributed by atoms with Gasteiger partial charge in [-0.25, -0.2) is 12.8 Å². The number of amides is 1. The van der Waals surface area contributed by atoms with Crippen LogP contribution in [-0.2, 0) is 21.3 Å². The number of rotatable bonds is 10.